The van der Waals surface area contributed by atoms with Gasteiger partial charge >= 0.3 is 0 Å². The summed E-state index contributed by atoms with van der Waals surface area (Å²) in [6.07, 6.45) is 2.07. The van der Waals surface area contributed by atoms with Crippen LogP contribution in [0.4, 0.5) is 13.2 Å². The van der Waals surface area contributed by atoms with Crippen molar-refractivity contribution in [2.24, 2.45) is 0 Å². The van der Waals surface area contributed by atoms with Crippen LogP contribution in [0, 0.1) is 17.5 Å². The Bertz CT molecular complexity index is 617. The lowest BCUT2D eigenvalue weighted by Gasteiger charge is -2.06. The van der Waals surface area contributed by atoms with E-state index in [0.29, 0.717) is 12.5 Å². The van der Waals surface area contributed by atoms with E-state index in [0.717, 1.165) is 11.8 Å². The van der Waals surface area contributed by atoms with Crippen molar-refractivity contribution in [1.82, 2.24) is 10.3 Å². The number of amides is 1. The van der Waals surface area contributed by atoms with Crippen molar-refractivity contribution in [2.45, 2.75) is 6.42 Å². The lowest BCUT2D eigenvalue weighted by atomic mass is 10.2. The summed E-state index contributed by atoms with van der Waals surface area (Å²) in [7, 11) is 0. The van der Waals surface area contributed by atoms with Crippen molar-refractivity contribution >= 4 is 5.91 Å². The van der Waals surface area contributed by atoms with Gasteiger partial charge in [-0.25, -0.2) is 13.2 Å². The Balaban J connectivity index is 1.97. The number of nitrogens with zero attached hydrogens (tertiary/aromatic N) is 1. The smallest absolute Gasteiger partial charge is 0.254 e. The molecule has 20 heavy (non-hydrogen) atoms. The van der Waals surface area contributed by atoms with E-state index < -0.39 is 28.9 Å². The number of benzene rings is 1. The molecule has 6 heteroatoms. The first-order chi connectivity index (χ1) is 9.59. The fourth-order valence-electron chi connectivity index (χ4n) is 1.65. The largest absolute Gasteiger partial charge is 0.352 e. The van der Waals surface area contributed by atoms with Crippen LogP contribution in [0.1, 0.15) is 16.1 Å². The number of aromatic nitrogens is 1. The van der Waals surface area contributed by atoms with Gasteiger partial charge < -0.3 is 5.32 Å². The van der Waals surface area contributed by atoms with Crippen LogP contribution in [0.2, 0.25) is 0 Å². The van der Waals surface area contributed by atoms with Gasteiger partial charge in [-0.05, 0) is 24.3 Å². The summed E-state index contributed by atoms with van der Waals surface area (Å²) in [5.74, 6) is -5.26. The van der Waals surface area contributed by atoms with Crippen molar-refractivity contribution < 1.29 is 18.0 Å². The molecule has 0 aliphatic heterocycles. The van der Waals surface area contributed by atoms with Gasteiger partial charge in [-0.1, -0.05) is 6.07 Å². The summed E-state index contributed by atoms with van der Waals surface area (Å²) in [5.41, 5.74) is 0.239. The number of hydrogen-bond donors (Lipinski definition) is 1. The molecule has 3 nitrogen and oxygen atoms in total. The summed E-state index contributed by atoms with van der Waals surface area (Å²) in [5, 5.41) is 2.43. The molecule has 0 aliphatic rings. The number of hydrogen-bond acceptors (Lipinski definition) is 2. The molecule has 0 fully saturated rings. The molecule has 1 aromatic heterocycles. The van der Waals surface area contributed by atoms with Crippen LogP contribution in [-0.4, -0.2) is 17.4 Å². The highest BCUT2D eigenvalue weighted by atomic mass is 19.2. The van der Waals surface area contributed by atoms with E-state index in [-0.39, 0.29) is 6.54 Å². The van der Waals surface area contributed by atoms with E-state index in [2.05, 4.69) is 10.3 Å². The van der Waals surface area contributed by atoms with Gasteiger partial charge in [-0.3, -0.25) is 9.78 Å². The summed E-state index contributed by atoms with van der Waals surface area (Å²) in [6.45, 7) is 0.217. The molecule has 1 heterocycles. The zero-order valence-corrected chi connectivity index (χ0v) is 10.4. The number of pyridine rings is 1. The predicted octanol–water partition coefficient (Wildman–Crippen LogP) is 2.47. The Labute approximate surface area is 113 Å². The highest BCUT2D eigenvalue weighted by Gasteiger charge is 2.18. The minimum Gasteiger partial charge on any atom is -0.352 e. The van der Waals surface area contributed by atoms with Crippen LogP contribution >= 0.6 is 0 Å². The fourth-order valence-corrected chi connectivity index (χ4v) is 1.65. The monoisotopic (exact) mass is 280 g/mol. The quantitative estimate of drug-likeness (QED) is 0.874. The first kappa shape index (κ1) is 14.0. The maximum absolute atomic E-state index is 13.4. The van der Waals surface area contributed by atoms with Gasteiger partial charge in [0.1, 0.15) is 0 Å². The van der Waals surface area contributed by atoms with Crippen LogP contribution in [0.5, 0.6) is 0 Å². The second-order valence-electron chi connectivity index (χ2n) is 4.05. The zero-order valence-electron chi connectivity index (χ0n) is 10.4. The molecular formula is C14H11F3N2O. The molecule has 0 saturated carbocycles. The molecule has 1 amide bonds. The Morgan fingerprint density at radius 3 is 2.60 bits per heavy atom. The molecule has 0 spiro atoms. The van der Waals surface area contributed by atoms with Gasteiger partial charge in [-0.15, -0.1) is 0 Å². The fraction of sp³-hybridized carbons (Fsp3) is 0.143. The van der Waals surface area contributed by atoms with Crippen LogP contribution in [0.3, 0.4) is 0 Å². The molecule has 0 aliphatic carbocycles. The number of halogens is 3. The lowest BCUT2D eigenvalue weighted by Crippen LogP contribution is -2.27. The first-order valence-corrected chi connectivity index (χ1v) is 5.91. The molecular weight excluding hydrogens is 269 g/mol. The van der Waals surface area contributed by atoms with Gasteiger partial charge in [0.25, 0.3) is 5.91 Å². The van der Waals surface area contributed by atoms with Crippen LogP contribution < -0.4 is 5.32 Å². The molecule has 1 aromatic carbocycles. The predicted molar refractivity (Wildman–Crippen MR) is 66.6 cm³/mol. The van der Waals surface area contributed by atoms with Gasteiger partial charge in [0, 0.05) is 24.9 Å². The van der Waals surface area contributed by atoms with Gasteiger partial charge in [0.05, 0.1) is 5.56 Å². The molecule has 0 atom stereocenters. The van der Waals surface area contributed by atoms with Gasteiger partial charge in [-0.2, -0.15) is 0 Å². The molecule has 2 rings (SSSR count). The minimum atomic E-state index is -1.65. The van der Waals surface area contributed by atoms with E-state index in [1.54, 1.807) is 24.4 Å². The van der Waals surface area contributed by atoms with E-state index >= 15 is 0 Å². The molecule has 0 radical (unpaired) electrons. The van der Waals surface area contributed by atoms with Crippen molar-refractivity contribution in [3.63, 3.8) is 0 Å². The normalized spacial score (nSPS) is 10.3. The number of carbonyl (C=O) groups is 1. The highest BCUT2D eigenvalue weighted by molar-refractivity contribution is 5.94. The van der Waals surface area contributed by atoms with Crippen molar-refractivity contribution in [2.75, 3.05) is 6.54 Å². The second-order valence-corrected chi connectivity index (χ2v) is 4.05. The average Bonchev–Trinajstić information content (AvgIpc) is 2.46. The third kappa shape index (κ3) is 3.14. The third-order valence-corrected chi connectivity index (χ3v) is 2.67. The molecule has 0 unspecified atom stereocenters. The average molecular weight is 280 g/mol. The summed E-state index contributed by atoms with van der Waals surface area (Å²) >= 11 is 0. The highest BCUT2D eigenvalue weighted by Crippen LogP contribution is 2.14. The maximum atomic E-state index is 13.4. The van der Waals surface area contributed by atoms with E-state index in [4.69, 9.17) is 0 Å². The van der Waals surface area contributed by atoms with Crippen molar-refractivity contribution in [3.05, 3.63) is 65.2 Å². The Hall–Kier alpha value is -2.37. The van der Waals surface area contributed by atoms with Gasteiger partial charge in [0.2, 0.25) is 0 Å². The van der Waals surface area contributed by atoms with Gasteiger partial charge in [0.15, 0.2) is 17.5 Å². The third-order valence-electron chi connectivity index (χ3n) is 2.67. The maximum Gasteiger partial charge on any atom is 0.254 e. The SMILES string of the molecule is O=C(NCCc1ccccn1)c1ccc(F)c(F)c1F. The molecule has 0 bridgehead atoms. The summed E-state index contributed by atoms with van der Waals surface area (Å²) in [4.78, 5) is 15.7. The topological polar surface area (TPSA) is 42.0 Å². The zero-order chi connectivity index (χ0) is 14.5. The van der Waals surface area contributed by atoms with Crippen LogP contribution in [0.25, 0.3) is 0 Å². The molecule has 1 N–H and O–H groups in total. The summed E-state index contributed by atoms with van der Waals surface area (Å²) in [6, 6.07) is 6.97. The molecule has 104 valence electrons. The summed E-state index contributed by atoms with van der Waals surface area (Å²) < 4.78 is 39.1. The number of rotatable bonds is 4. The second kappa shape index (κ2) is 6.18. The Morgan fingerprint density at radius 1 is 1.10 bits per heavy atom. The van der Waals surface area contributed by atoms with Crippen LogP contribution in [0.15, 0.2) is 36.5 Å². The van der Waals surface area contributed by atoms with E-state index in [1.165, 1.54) is 0 Å². The molecule has 0 saturated heterocycles. The number of nitrogens with one attached hydrogen (secondary N) is 1. The van der Waals surface area contributed by atoms with Crippen molar-refractivity contribution in [1.29, 1.82) is 0 Å². The minimum absolute atomic E-state index is 0.217. The molecule has 2 aromatic rings. The standard InChI is InChI=1S/C14H11F3N2O/c15-11-5-4-10(12(16)13(11)17)14(20)19-8-6-9-3-1-2-7-18-9/h1-5,7H,6,8H2,(H,19,20). The Kier molecular flexibility index (Phi) is 4.34. The number of carbonyl (C=O) groups excluding carboxylic acids is 1. The van der Waals surface area contributed by atoms with Crippen LogP contribution in [-0.2, 0) is 6.42 Å². The lowest BCUT2D eigenvalue weighted by molar-refractivity contribution is 0.0948. The Morgan fingerprint density at radius 2 is 1.90 bits per heavy atom. The van der Waals surface area contributed by atoms with Crippen molar-refractivity contribution in [3.8, 4) is 0 Å². The van der Waals surface area contributed by atoms with E-state index in [1.807, 2.05) is 0 Å². The van der Waals surface area contributed by atoms with E-state index in [9.17, 15) is 18.0 Å². The first-order valence-electron chi connectivity index (χ1n) is 5.91.